The van der Waals surface area contributed by atoms with Crippen molar-refractivity contribution in [1.82, 2.24) is 24.8 Å². The third-order valence-corrected chi connectivity index (χ3v) is 4.51. The lowest BCUT2D eigenvalue weighted by molar-refractivity contribution is -0.118. The molecule has 8 N–H and O–H groups in total. The van der Waals surface area contributed by atoms with Gasteiger partial charge in [-0.05, 0) is 24.6 Å². The first-order chi connectivity index (χ1) is 15.2. The van der Waals surface area contributed by atoms with E-state index >= 15 is 0 Å². The SMILES string of the molecule is Cc1c(C#N)cccc1-c1nc(N)c(F)c(/C(N)=C/N(N)Cc2ccn(CC(N)=O)n2)n1. The second-order valence-electron chi connectivity index (χ2n) is 6.91. The van der Waals surface area contributed by atoms with E-state index in [0.29, 0.717) is 22.4 Å². The molecule has 11 nitrogen and oxygen atoms in total. The number of halogens is 1. The van der Waals surface area contributed by atoms with Crippen molar-refractivity contribution in [1.29, 1.82) is 5.26 Å². The van der Waals surface area contributed by atoms with Crippen LogP contribution < -0.4 is 23.0 Å². The van der Waals surface area contributed by atoms with E-state index in [9.17, 15) is 14.4 Å². The normalized spacial score (nSPS) is 11.2. The van der Waals surface area contributed by atoms with Crippen LogP contribution in [-0.4, -0.2) is 30.7 Å². The van der Waals surface area contributed by atoms with Gasteiger partial charge in [0, 0.05) is 18.0 Å². The summed E-state index contributed by atoms with van der Waals surface area (Å²) in [6.07, 6.45) is 2.86. The van der Waals surface area contributed by atoms with Crippen LogP contribution in [0.1, 0.15) is 22.5 Å². The Hall–Kier alpha value is -4.50. The number of aromatic nitrogens is 4. The Bertz CT molecular complexity index is 1240. The molecule has 2 aromatic heterocycles. The molecule has 0 aliphatic carbocycles. The number of benzene rings is 1. The summed E-state index contributed by atoms with van der Waals surface area (Å²) in [6, 6.07) is 8.75. The van der Waals surface area contributed by atoms with Gasteiger partial charge in [0.2, 0.25) is 5.91 Å². The number of anilines is 1. The van der Waals surface area contributed by atoms with Gasteiger partial charge in [-0.2, -0.15) is 10.4 Å². The number of nitrogens with zero attached hydrogens (tertiary/aromatic N) is 6. The molecular weight excluding hydrogens is 415 g/mol. The van der Waals surface area contributed by atoms with Crippen LogP contribution >= 0.6 is 0 Å². The van der Waals surface area contributed by atoms with Gasteiger partial charge in [-0.1, -0.05) is 12.1 Å². The smallest absolute Gasteiger partial charge is 0.239 e. The highest BCUT2D eigenvalue weighted by molar-refractivity contribution is 5.73. The average Bonchev–Trinajstić information content (AvgIpc) is 3.15. The Kier molecular flexibility index (Phi) is 6.32. The number of hydrazine groups is 1. The van der Waals surface area contributed by atoms with Gasteiger partial charge in [0.05, 0.1) is 29.6 Å². The zero-order valence-corrected chi connectivity index (χ0v) is 17.2. The molecular formula is C20H21FN10O. The lowest BCUT2D eigenvalue weighted by Gasteiger charge is -2.15. The minimum Gasteiger partial charge on any atom is -0.396 e. The first kappa shape index (κ1) is 22.2. The molecule has 0 spiro atoms. The van der Waals surface area contributed by atoms with E-state index in [2.05, 4.69) is 21.1 Å². The predicted molar refractivity (Wildman–Crippen MR) is 115 cm³/mol. The van der Waals surface area contributed by atoms with Crippen LogP contribution in [0.25, 0.3) is 17.1 Å². The van der Waals surface area contributed by atoms with E-state index in [1.54, 1.807) is 37.4 Å². The van der Waals surface area contributed by atoms with E-state index in [-0.39, 0.29) is 30.3 Å². The molecule has 164 valence electrons. The molecule has 0 unspecified atom stereocenters. The zero-order chi connectivity index (χ0) is 23.4. The minimum absolute atomic E-state index is 0.0663. The van der Waals surface area contributed by atoms with Gasteiger partial charge in [-0.25, -0.2) is 20.2 Å². The largest absolute Gasteiger partial charge is 0.396 e. The first-order valence-corrected chi connectivity index (χ1v) is 9.32. The molecule has 32 heavy (non-hydrogen) atoms. The van der Waals surface area contributed by atoms with Crippen LogP contribution in [0.15, 0.2) is 36.7 Å². The van der Waals surface area contributed by atoms with Crippen molar-refractivity contribution in [3.8, 4) is 17.5 Å². The van der Waals surface area contributed by atoms with Gasteiger partial charge in [0.15, 0.2) is 17.5 Å². The van der Waals surface area contributed by atoms with Crippen molar-refractivity contribution < 1.29 is 9.18 Å². The van der Waals surface area contributed by atoms with Crippen molar-refractivity contribution in [3.05, 3.63) is 65.0 Å². The van der Waals surface area contributed by atoms with Gasteiger partial charge in [-0.3, -0.25) is 9.48 Å². The first-order valence-electron chi connectivity index (χ1n) is 9.32. The molecule has 0 fully saturated rings. The maximum absolute atomic E-state index is 14.7. The second kappa shape index (κ2) is 9.11. The summed E-state index contributed by atoms with van der Waals surface area (Å²) < 4.78 is 16.0. The number of hydrogen-bond acceptors (Lipinski definition) is 9. The van der Waals surface area contributed by atoms with Crippen LogP contribution in [0.4, 0.5) is 10.2 Å². The van der Waals surface area contributed by atoms with E-state index in [1.807, 2.05) is 0 Å². The van der Waals surface area contributed by atoms with E-state index in [4.69, 9.17) is 23.0 Å². The summed E-state index contributed by atoms with van der Waals surface area (Å²) in [5.41, 5.74) is 18.7. The molecule has 3 aromatic rings. The summed E-state index contributed by atoms with van der Waals surface area (Å²) in [5, 5.41) is 14.6. The van der Waals surface area contributed by atoms with Crippen LogP contribution in [-0.2, 0) is 17.9 Å². The maximum Gasteiger partial charge on any atom is 0.239 e. The topological polar surface area (TPSA) is 192 Å². The number of primary amides is 1. The highest BCUT2D eigenvalue weighted by atomic mass is 19.1. The quantitative estimate of drug-likeness (QED) is 0.299. The fourth-order valence-corrected chi connectivity index (χ4v) is 2.98. The summed E-state index contributed by atoms with van der Waals surface area (Å²) >= 11 is 0. The lowest BCUT2D eigenvalue weighted by Crippen LogP contribution is -2.26. The number of nitrogen functional groups attached to an aromatic ring is 1. The predicted octanol–water partition coefficient (Wildman–Crippen LogP) is 0.360. The van der Waals surface area contributed by atoms with Crippen molar-refractivity contribution >= 4 is 17.4 Å². The Morgan fingerprint density at radius 2 is 2.06 bits per heavy atom. The molecule has 2 heterocycles. The highest BCUT2D eigenvalue weighted by Crippen LogP contribution is 2.26. The highest BCUT2D eigenvalue weighted by Gasteiger charge is 2.18. The van der Waals surface area contributed by atoms with Gasteiger partial charge in [0.1, 0.15) is 12.2 Å². The third-order valence-electron chi connectivity index (χ3n) is 4.51. The van der Waals surface area contributed by atoms with Crippen LogP contribution in [0.3, 0.4) is 0 Å². The number of amides is 1. The molecule has 1 aromatic carbocycles. The Morgan fingerprint density at radius 3 is 2.75 bits per heavy atom. The van der Waals surface area contributed by atoms with Gasteiger partial charge >= 0.3 is 0 Å². The number of carbonyl (C=O) groups is 1. The Morgan fingerprint density at radius 1 is 1.31 bits per heavy atom. The summed E-state index contributed by atoms with van der Waals surface area (Å²) in [7, 11) is 0. The fourth-order valence-electron chi connectivity index (χ4n) is 2.98. The standard InChI is InChI=1S/C20H21FN10O/c1-11-12(7-22)3-2-4-14(11)20-27-18(17(21)19(25)28-20)15(23)9-30(26)8-13-5-6-31(29-13)10-16(24)32/h2-6,9H,8,10,23,26H2,1H3,(H2,24,32)(H2,25,27,28)/b15-9-. The molecule has 1 amide bonds. The van der Waals surface area contributed by atoms with Crippen LogP contribution in [0, 0.1) is 24.1 Å². The molecule has 0 saturated carbocycles. The Balaban J connectivity index is 1.90. The van der Waals surface area contributed by atoms with E-state index < -0.39 is 17.5 Å². The van der Waals surface area contributed by atoms with Gasteiger partial charge in [-0.15, -0.1) is 0 Å². The van der Waals surface area contributed by atoms with Crippen molar-refractivity contribution in [2.75, 3.05) is 5.73 Å². The van der Waals surface area contributed by atoms with Crippen molar-refractivity contribution in [2.45, 2.75) is 20.0 Å². The van der Waals surface area contributed by atoms with Crippen molar-refractivity contribution in [3.63, 3.8) is 0 Å². The zero-order valence-electron chi connectivity index (χ0n) is 17.2. The molecule has 0 atom stereocenters. The van der Waals surface area contributed by atoms with E-state index in [0.717, 1.165) is 0 Å². The van der Waals surface area contributed by atoms with E-state index in [1.165, 1.54) is 15.9 Å². The molecule has 0 aliphatic rings. The summed E-state index contributed by atoms with van der Waals surface area (Å²) in [4.78, 5) is 19.2. The number of nitrogens with two attached hydrogens (primary N) is 4. The monoisotopic (exact) mass is 436 g/mol. The molecule has 0 aliphatic heterocycles. The number of carbonyl (C=O) groups excluding carboxylic acids is 1. The molecule has 0 radical (unpaired) electrons. The van der Waals surface area contributed by atoms with Gasteiger partial charge < -0.3 is 22.2 Å². The van der Waals surface area contributed by atoms with Crippen LogP contribution in [0.5, 0.6) is 0 Å². The molecule has 0 saturated heterocycles. The average molecular weight is 436 g/mol. The Labute approximate surface area is 182 Å². The van der Waals surface area contributed by atoms with Gasteiger partial charge in [0.25, 0.3) is 0 Å². The third kappa shape index (κ3) is 4.79. The van der Waals surface area contributed by atoms with Crippen molar-refractivity contribution in [2.24, 2.45) is 17.3 Å². The molecule has 12 heteroatoms. The second-order valence-corrected chi connectivity index (χ2v) is 6.91. The molecule has 3 rings (SSSR count). The lowest BCUT2D eigenvalue weighted by atomic mass is 10.0. The number of rotatable bonds is 7. The number of nitriles is 1. The fraction of sp³-hybridized carbons (Fsp3) is 0.150. The maximum atomic E-state index is 14.7. The molecule has 0 bridgehead atoms. The summed E-state index contributed by atoms with van der Waals surface area (Å²) in [6.45, 7) is 1.78. The number of hydrogen-bond donors (Lipinski definition) is 4. The minimum atomic E-state index is -0.893. The van der Waals surface area contributed by atoms with Crippen LogP contribution in [0.2, 0.25) is 0 Å². The summed E-state index contributed by atoms with van der Waals surface area (Å²) in [5.74, 6) is 4.26.